The minimum Gasteiger partial charge on any atom is -0.314 e. The van der Waals surface area contributed by atoms with Crippen LogP contribution in [0.4, 0.5) is 0 Å². The predicted octanol–water partition coefficient (Wildman–Crippen LogP) is 1.33. The smallest absolute Gasteiger partial charge is 0.279 e. The fraction of sp³-hybridized carbons (Fsp3) is 1.00. The molecule has 3 rings (SSSR count). The van der Waals surface area contributed by atoms with Crippen LogP contribution in [0.3, 0.4) is 0 Å². The lowest BCUT2D eigenvalue weighted by Crippen LogP contribution is -2.42. The van der Waals surface area contributed by atoms with E-state index < -0.39 is 10.2 Å². The molecule has 0 unspecified atom stereocenters. The molecule has 0 aromatic rings. The van der Waals surface area contributed by atoms with Crippen molar-refractivity contribution in [3.63, 3.8) is 0 Å². The third-order valence-electron chi connectivity index (χ3n) is 5.03. The van der Waals surface area contributed by atoms with E-state index in [-0.39, 0.29) is 0 Å². The summed E-state index contributed by atoms with van der Waals surface area (Å²) in [7, 11) is -1.61. The van der Waals surface area contributed by atoms with E-state index in [0.717, 1.165) is 24.8 Å². The largest absolute Gasteiger partial charge is 0.314 e. The van der Waals surface area contributed by atoms with Gasteiger partial charge in [0.2, 0.25) is 0 Å². The topological polar surface area (TPSA) is 61.4 Å². The van der Waals surface area contributed by atoms with Crippen molar-refractivity contribution in [2.75, 3.05) is 26.7 Å². The van der Waals surface area contributed by atoms with Crippen LogP contribution < -0.4 is 10.0 Å². The number of hydrogen-bond donors (Lipinski definition) is 2. The maximum atomic E-state index is 12.3. The van der Waals surface area contributed by atoms with Crippen molar-refractivity contribution in [2.45, 2.75) is 51.0 Å². The van der Waals surface area contributed by atoms with Gasteiger partial charge in [-0.25, -0.2) is 4.72 Å². The van der Waals surface area contributed by atoms with E-state index in [1.807, 2.05) is 0 Å². The first-order valence-corrected chi connectivity index (χ1v) is 9.94. The Balaban J connectivity index is 1.37. The Labute approximate surface area is 129 Å². The van der Waals surface area contributed by atoms with E-state index in [0.29, 0.717) is 25.0 Å². The highest BCUT2D eigenvalue weighted by molar-refractivity contribution is 7.87. The van der Waals surface area contributed by atoms with E-state index >= 15 is 0 Å². The summed E-state index contributed by atoms with van der Waals surface area (Å²) in [4.78, 5) is 0. The van der Waals surface area contributed by atoms with Crippen molar-refractivity contribution in [1.29, 1.82) is 0 Å². The Morgan fingerprint density at radius 3 is 2.24 bits per heavy atom. The zero-order valence-corrected chi connectivity index (χ0v) is 13.9. The van der Waals surface area contributed by atoms with Crippen LogP contribution in [-0.2, 0) is 10.2 Å². The minimum atomic E-state index is -3.30. The molecule has 0 heterocycles. The van der Waals surface area contributed by atoms with Gasteiger partial charge in [-0.3, -0.25) is 0 Å². The van der Waals surface area contributed by atoms with Crippen molar-refractivity contribution in [2.24, 2.45) is 17.8 Å². The van der Waals surface area contributed by atoms with E-state index in [1.165, 1.54) is 42.8 Å². The van der Waals surface area contributed by atoms with Crippen LogP contribution in [0.15, 0.2) is 0 Å². The standard InChI is InChI=1S/C15H29N3O2S/c1-18(10-2-9-16-14-7-8-14)21(19,20)17-11-15(12-3-4-12)13-5-6-13/h12-17H,2-11H2,1H3. The summed E-state index contributed by atoms with van der Waals surface area (Å²) in [6.45, 7) is 2.15. The van der Waals surface area contributed by atoms with Gasteiger partial charge in [-0.15, -0.1) is 0 Å². The summed E-state index contributed by atoms with van der Waals surface area (Å²) in [5, 5.41) is 3.42. The molecule has 0 atom stereocenters. The van der Waals surface area contributed by atoms with E-state index in [2.05, 4.69) is 10.0 Å². The summed E-state index contributed by atoms with van der Waals surface area (Å²) in [6, 6.07) is 0.697. The van der Waals surface area contributed by atoms with Gasteiger partial charge in [0, 0.05) is 26.2 Å². The maximum absolute atomic E-state index is 12.3. The quantitative estimate of drug-likeness (QED) is 0.566. The SMILES string of the molecule is CN(CCCNC1CC1)S(=O)(=O)NCC(C1CC1)C1CC1. The molecule has 0 aliphatic heterocycles. The van der Waals surface area contributed by atoms with Gasteiger partial charge in [-0.2, -0.15) is 12.7 Å². The Morgan fingerprint density at radius 1 is 1.10 bits per heavy atom. The molecule has 2 N–H and O–H groups in total. The molecule has 3 saturated carbocycles. The lowest BCUT2D eigenvalue weighted by molar-refractivity contribution is 0.388. The van der Waals surface area contributed by atoms with E-state index in [9.17, 15) is 8.42 Å². The zero-order valence-electron chi connectivity index (χ0n) is 13.1. The zero-order chi connectivity index (χ0) is 14.9. The van der Waals surface area contributed by atoms with Crippen LogP contribution >= 0.6 is 0 Å². The van der Waals surface area contributed by atoms with Crippen LogP contribution in [-0.4, -0.2) is 45.4 Å². The number of nitrogens with zero attached hydrogens (tertiary/aromatic N) is 1. The molecular weight excluding hydrogens is 286 g/mol. The van der Waals surface area contributed by atoms with Gasteiger partial charge < -0.3 is 5.32 Å². The van der Waals surface area contributed by atoms with Crippen LogP contribution in [0.1, 0.15) is 44.9 Å². The van der Waals surface area contributed by atoms with Crippen LogP contribution in [0, 0.1) is 17.8 Å². The fourth-order valence-corrected chi connectivity index (χ4v) is 4.09. The Bertz CT molecular complexity index is 430. The van der Waals surface area contributed by atoms with Gasteiger partial charge in [0.05, 0.1) is 0 Å². The molecule has 122 valence electrons. The summed E-state index contributed by atoms with van der Waals surface area (Å²) < 4.78 is 28.8. The molecule has 0 radical (unpaired) electrons. The van der Waals surface area contributed by atoms with Crippen molar-refractivity contribution < 1.29 is 8.42 Å². The highest BCUT2D eigenvalue weighted by Gasteiger charge is 2.41. The third kappa shape index (κ3) is 4.91. The highest BCUT2D eigenvalue weighted by atomic mass is 32.2. The molecule has 3 fully saturated rings. The first-order chi connectivity index (χ1) is 10.1. The third-order valence-corrected chi connectivity index (χ3v) is 6.56. The van der Waals surface area contributed by atoms with Crippen molar-refractivity contribution in [1.82, 2.24) is 14.3 Å². The molecule has 0 amide bonds. The predicted molar refractivity (Wildman–Crippen MR) is 84.1 cm³/mol. The molecule has 0 saturated heterocycles. The molecular formula is C15H29N3O2S. The Morgan fingerprint density at radius 2 is 1.71 bits per heavy atom. The first kappa shape index (κ1) is 15.7. The number of hydrogen-bond acceptors (Lipinski definition) is 3. The maximum Gasteiger partial charge on any atom is 0.279 e. The lowest BCUT2D eigenvalue weighted by Gasteiger charge is -2.21. The fourth-order valence-electron chi connectivity index (χ4n) is 3.09. The Hall–Kier alpha value is -0.170. The van der Waals surface area contributed by atoms with Crippen LogP contribution in [0.5, 0.6) is 0 Å². The van der Waals surface area contributed by atoms with Gasteiger partial charge in [-0.05, 0) is 69.2 Å². The second kappa shape index (κ2) is 6.52. The molecule has 21 heavy (non-hydrogen) atoms. The second-order valence-corrected chi connectivity index (χ2v) is 8.96. The van der Waals surface area contributed by atoms with Crippen molar-refractivity contribution in [3.8, 4) is 0 Å². The number of rotatable bonds is 11. The highest BCUT2D eigenvalue weighted by Crippen LogP contribution is 2.48. The molecule has 5 nitrogen and oxygen atoms in total. The van der Waals surface area contributed by atoms with Gasteiger partial charge >= 0.3 is 0 Å². The van der Waals surface area contributed by atoms with Crippen LogP contribution in [0.2, 0.25) is 0 Å². The van der Waals surface area contributed by atoms with Gasteiger partial charge in [-0.1, -0.05) is 0 Å². The normalized spacial score (nSPS) is 23.2. The first-order valence-electron chi connectivity index (χ1n) is 8.50. The molecule has 0 spiro atoms. The van der Waals surface area contributed by atoms with E-state index in [4.69, 9.17) is 0 Å². The Kier molecular flexibility index (Phi) is 4.88. The van der Waals surface area contributed by atoms with Crippen molar-refractivity contribution in [3.05, 3.63) is 0 Å². The molecule has 3 aliphatic rings. The molecule has 3 aliphatic carbocycles. The average molecular weight is 315 g/mol. The van der Waals surface area contributed by atoms with Gasteiger partial charge in [0.25, 0.3) is 10.2 Å². The van der Waals surface area contributed by atoms with Gasteiger partial charge in [0.15, 0.2) is 0 Å². The lowest BCUT2D eigenvalue weighted by atomic mass is 9.99. The van der Waals surface area contributed by atoms with Crippen LogP contribution in [0.25, 0.3) is 0 Å². The van der Waals surface area contributed by atoms with E-state index in [1.54, 1.807) is 7.05 Å². The van der Waals surface area contributed by atoms with Gasteiger partial charge in [0.1, 0.15) is 0 Å². The summed E-state index contributed by atoms with van der Waals surface area (Å²) in [5.74, 6) is 2.16. The summed E-state index contributed by atoms with van der Waals surface area (Å²) in [6.07, 6.45) is 8.62. The summed E-state index contributed by atoms with van der Waals surface area (Å²) in [5.41, 5.74) is 0. The molecule has 0 aromatic carbocycles. The second-order valence-electron chi connectivity index (χ2n) is 7.10. The minimum absolute atomic E-state index is 0.588. The summed E-state index contributed by atoms with van der Waals surface area (Å²) >= 11 is 0. The molecule has 6 heteroatoms. The van der Waals surface area contributed by atoms with Crippen molar-refractivity contribution >= 4 is 10.2 Å². The number of nitrogens with one attached hydrogen (secondary N) is 2. The monoisotopic (exact) mass is 315 g/mol. The molecule has 0 aromatic heterocycles. The molecule has 0 bridgehead atoms. The average Bonchev–Trinajstić information content (AvgIpc) is 3.25.